The fourth-order valence-electron chi connectivity index (χ4n) is 1.23. The van der Waals surface area contributed by atoms with Gasteiger partial charge in [-0.3, -0.25) is 4.79 Å². The van der Waals surface area contributed by atoms with Crippen LogP contribution in [0.4, 0.5) is 0 Å². The largest absolute Gasteiger partial charge is 0.481 e. The number of carbonyl (C=O) groups is 2. The Morgan fingerprint density at radius 1 is 1.36 bits per heavy atom. The minimum atomic E-state index is -1.12. The van der Waals surface area contributed by atoms with E-state index in [9.17, 15) is 9.59 Å². The van der Waals surface area contributed by atoms with Crippen molar-refractivity contribution in [1.29, 1.82) is 0 Å². The van der Waals surface area contributed by atoms with E-state index in [4.69, 9.17) is 10.2 Å². The Morgan fingerprint density at radius 2 is 2.07 bits per heavy atom. The average Bonchev–Trinajstić information content (AvgIpc) is 2.15. The highest BCUT2D eigenvalue weighted by atomic mass is 16.4. The fourth-order valence-corrected chi connectivity index (χ4v) is 1.23. The van der Waals surface area contributed by atoms with E-state index >= 15 is 0 Å². The second-order valence-corrected chi connectivity index (χ2v) is 2.92. The van der Waals surface area contributed by atoms with Crippen LogP contribution in [0.2, 0.25) is 0 Å². The molecule has 1 heterocycles. The third-order valence-corrected chi connectivity index (χ3v) is 1.89. The van der Waals surface area contributed by atoms with E-state index in [0.717, 1.165) is 0 Å². The number of carboxylic acids is 2. The van der Waals surface area contributed by atoms with Gasteiger partial charge in [-0.15, -0.1) is 0 Å². The van der Waals surface area contributed by atoms with Gasteiger partial charge in [-0.25, -0.2) is 4.79 Å². The molecular weight excluding hydrogens is 186 g/mol. The summed E-state index contributed by atoms with van der Waals surface area (Å²) in [5.74, 6) is -2.23. The zero-order valence-corrected chi connectivity index (χ0v) is 7.46. The van der Waals surface area contributed by atoms with Crippen LogP contribution >= 0.6 is 0 Å². The van der Waals surface area contributed by atoms with Crippen molar-refractivity contribution in [2.24, 2.45) is 0 Å². The topological polar surface area (TPSA) is 77.8 Å². The molecule has 0 saturated carbocycles. The Bertz CT molecular complexity index is 295. The monoisotopic (exact) mass is 197 g/mol. The van der Waals surface area contributed by atoms with Gasteiger partial charge in [0, 0.05) is 12.7 Å². The van der Waals surface area contributed by atoms with Gasteiger partial charge in [-0.05, 0) is 6.08 Å². The number of rotatable bonds is 4. The van der Waals surface area contributed by atoms with Gasteiger partial charge in [-0.1, -0.05) is 12.2 Å². The Labute approximate surface area is 80.9 Å². The van der Waals surface area contributed by atoms with Crippen molar-refractivity contribution in [3.63, 3.8) is 0 Å². The first kappa shape index (κ1) is 10.3. The minimum absolute atomic E-state index is 0.395. The lowest BCUT2D eigenvalue weighted by Crippen LogP contribution is -2.40. The van der Waals surface area contributed by atoms with Crippen LogP contribution in [0, 0.1) is 0 Å². The Morgan fingerprint density at radius 3 is 2.50 bits per heavy atom. The van der Waals surface area contributed by atoms with Crippen LogP contribution in [0.5, 0.6) is 0 Å². The molecule has 0 aromatic rings. The zero-order valence-electron chi connectivity index (χ0n) is 7.46. The molecular formula is C9H11NO4. The van der Waals surface area contributed by atoms with E-state index in [1.165, 1.54) is 4.90 Å². The molecule has 0 aliphatic carbocycles. The van der Waals surface area contributed by atoms with Crippen LogP contribution < -0.4 is 0 Å². The molecule has 76 valence electrons. The Hall–Kier alpha value is -1.78. The number of hydrogen-bond acceptors (Lipinski definition) is 3. The molecule has 1 aliphatic rings. The predicted molar refractivity (Wildman–Crippen MR) is 48.7 cm³/mol. The summed E-state index contributed by atoms with van der Waals surface area (Å²) in [6, 6.07) is -0.992. The maximum atomic E-state index is 10.8. The van der Waals surface area contributed by atoms with Gasteiger partial charge in [0.15, 0.2) is 0 Å². The van der Waals surface area contributed by atoms with Crippen molar-refractivity contribution in [1.82, 2.24) is 4.90 Å². The lowest BCUT2D eigenvalue weighted by molar-refractivity contribution is -0.148. The van der Waals surface area contributed by atoms with E-state index in [0.29, 0.717) is 6.54 Å². The van der Waals surface area contributed by atoms with E-state index in [2.05, 4.69) is 0 Å². The van der Waals surface area contributed by atoms with Crippen molar-refractivity contribution < 1.29 is 19.8 Å². The van der Waals surface area contributed by atoms with Crippen molar-refractivity contribution in [3.8, 4) is 0 Å². The van der Waals surface area contributed by atoms with E-state index in [1.54, 1.807) is 24.4 Å². The van der Waals surface area contributed by atoms with Gasteiger partial charge < -0.3 is 15.1 Å². The highest BCUT2D eigenvalue weighted by Gasteiger charge is 2.25. The van der Waals surface area contributed by atoms with E-state index in [-0.39, 0.29) is 0 Å². The molecule has 1 rings (SSSR count). The number of allylic oxidation sites excluding steroid dienone is 2. The molecule has 1 unspecified atom stereocenters. The standard InChI is InChI=1S/C9H11NO4/c11-8(12)6-7(9(13)14)10-4-2-1-3-5-10/h1-4,7H,5-6H2,(H,11,12)(H,13,14). The van der Waals surface area contributed by atoms with Crippen molar-refractivity contribution >= 4 is 11.9 Å². The lowest BCUT2D eigenvalue weighted by Gasteiger charge is -2.26. The minimum Gasteiger partial charge on any atom is -0.481 e. The summed E-state index contributed by atoms with van der Waals surface area (Å²) in [5.41, 5.74) is 0. The van der Waals surface area contributed by atoms with Crippen LogP contribution in [0.15, 0.2) is 24.4 Å². The molecule has 0 radical (unpaired) electrons. The van der Waals surface area contributed by atoms with E-state index in [1.807, 2.05) is 0 Å². The maximum Gasteiger partial charge on any atom is 0.326 e. The molecule has 5 heteroatoms. The fraction of sp³-hybridized carbons (Fsp3) is 0.333. The highest BCUT2D eigenvalue weighted by molar-refractivity contribution is 5.80. The quantitative estimate of drug-likeness (QED) is 0.677. The van der Waals surface area contributed by atoms with Crippen LogP contribution in [0.3, 0.4) is 0 Å². The number of aliphatic carboxylic acids is 2. The van der Waals surface area contributed by atoms with Gasteiger partial charge in [0.2, 0.25) is 0 Å². The second kappa shape index (κ2) is 4.45. The summed E-state index contributed by atoms with van der Waals surface area (Å²) < 4.78 is 0. The molecule has 0 amide bonds. The van der Waals surface area contributed by atoms with Crippen molar-refractivity contribution in [2.75, 3.05) is 6.54 Å². The van der Waals surface area contributed by atoms with Gasteiger partial charge >= 0.3 is 11.9 Å². The smallest absolute Gasteiger partial charge is 0.326 e. The summed E-state index contributed by atoms with van der Waals surface area (Å²) in [5, 5.41) is 17.3. The molecule has 14 heavy (non-hydrogen) atoms. The third kappa shape index (κ3) is 2.62. The average molecular weight is 197 g/mol. The number of hydrogen-bond donors (Lipinski definition) is 2. The summed E-state index contributed by atoms with van der Waals surface area (Å²) in [4.78, 5) is 22.7. The van der Waals surface area contributed by atoms with Gasteiger partial charge in [-0.2, -0.15) is 0 Å². The van der Waals surface area contributed by atoms with Gasteiger partial charge in [0.25, 0.3) is 0 Å². The third-order valence-electron chi connectivity index (χ3n) is 1.89. The highest BCUT2D eigenvalue weighted by Crippen LogP contribution is 2.09. The summed E-state index contributed by atoms with van der Waals surface area (Å²) >= 11 is 0. The Kier molecular flexibility index (Phi) is 3.28. The number of nitrogens with zero attached hydrogens (tertiary/aromatic N) is 1. The SMILES string of the molecule is O=C(O)CC(C(=O)O)N1C=CC=CC1. The first-order valence-corrected chi connectivity index (χ1v) is 4.15. The molecule has 1 aliphatic heterocycles. The molecule has 0 saturated heterocycles. The normalized spacial score (nSPS) is 16.7. The Balaban J connectivity index is 2.67. The van der Waals surface area contributed by atoms with Crippen molar-refractivity contribution in [2.45, 2.75) is 12.5 Å². The molecule has 2 N–H and O–H groups in total. The first-order chi connectivity index (χ1) is 6.61. The predicted octanol–water partition coefficient (Wildman–Crippen LogP) is 0.300. The lowest BCUT2D eigenvalue weighted by atomic mass is 10.1. The van der Waals surface area contributed by atoms with E-state index < -0.39 is 24.4 Å². The van der Waals surface area contributed by atoms with Crippen molar-refractivity contribution in [3.05, 3.63) is 24.4 Å². The molecule has 0 aromatic heterocycles. The summed E-state index contributed by atoms with van der Waals surface area (Å²) in [6.45, 7) is 0.431. The van der Waals surface area contributed by atoms with Crippen LogP contribution in [-0.2, 0) is 9.59 Å². The first-order valence-electron chi connectivity index (χ1n) is 4.15. The second-order valence-electron chi connectivity index (χ2n) is 2.92. The summed E-state index contributed by atoms with van der Waals surface area (Å²) in [6.07, 6.45) is 6.44. The van der Waals surface area contributed by atoms with Crippen LogP contribution in [0.25, 0.3) is 0 Å². The molecule has 5 nitrogen and oxygen atoms in total. The number of carboxylic acid groups (broad SMARTS) is 2. The van der Waals surface area contributed by atoms with Gasteiger partial charge in [0.1, 0.15) is 6.04 Å². The van der Waals surface area contributed by atoms with Gasteiger partial charge in [0.05, 0.1) is 6.42 Å². The molecule has 0 fully saturated rings. The zero-order chi connectivity index (χ0) is 10.6. The summed E-state index contributed by atoms with van der Waals surface area (Å²) in [7, 11) is 0. The molecule has 0 spiro atoms. The molecule has 0 aromatic carbocycles. The molecule has 0 bridgehead atoms. The van der Waals surface area contributed by atoms with Crippen LogP contribution in [0.1, 0.15) is 6.42 Å². The molecule has 1 atom stereocenters. The maximum absolute atomic E-state index is 10.8. The van der Waals surface area contributed by atoms with Crippen LogP contribution in [-0.4, -0.2) is 39.6 Å².